The van der Waals surface area contributed by atoms with Gasteiger partial charge >= 0.3 is 6.18 Å². The first-order valence-corrected chi connectivity index (χ1v) is 7.85. The fourth-order valence-corrected chi connectivity index (χ4v) is 2.80. The Bertz CT molecular complexity index is 664. The van der Waals surface area contributed by atoms with E-state index in [0.717, 1.165) is 18.9 Å². The van der Waals surface area contributed by atoms with E-state index in [4.69, 9.17) is 4.74 Å². The van der Waals surface area contributed by atoms with Crippen LogP contribution in [0.3, 0.4) is 0 Å². The van der Waals surface area contributed by atoms with Crippen LogP contribution in [0, 0.1) is 5.92 Å². The Kier molecular flexibility index (Phi) is 4.87. The van der Waals surface area contributed by atoms with Crippen LogP contribution in [-0.4, -0.2) is 29.7 Å². The largest absolute Gasteiger partial charge is 0.477 e. The highest BCUT2D eigenvalue weighted by Gasteiger charge is 2.33. The molecule has 0 N–H and O–H groups in total. The Morgan fingerprint density at radius 1 is 1.17 bits per heavy atom. The zero-order valence-corrected chi connectivity index (χ0v) is 13.0. The predicted octanol–water partition coefficient (Wildman–Crippen LogP) is 3.79. The van der Waals surface area contributed by atoms with Crippen molar-refractivity contribution >= 4 is 5.82 Å². The van der Waals surface area contributed by atoms with Gasteiger partial charge in [0.25, 0.3) is 0 Å². The molecule has 1 aliphatic heterocycles. The number of rotatable bonds is 4. The molecule has 1 fully saturated rings. The van der Waals surface area contributed by atoms with Gasteiger partial charge in [0.1, 0.15) is 11.5 Å². The standard InChI is InChI=1S/C17H18F3N3O/c18-17(19,20)14-6-3-7-15(22-14)23-10-4-5-13(11-23)12-24-16-8-1-2-9-21-16/h1-3,6-9,13H,4-5,10-12H2. The quantitative estimate of drug-likeness (QED) is 0.851. The van der Waals surface area contributed by atoms with E-state index in [0.29, 0.717) is 31.4 Å². The number of ether oxygens (including phenoxy) is 1. The molecule has 1 aliphatic rings. The van der Waals surface area contributed by atoms with Gasteiger partial charge in [-0.1, -0.05) is 12.1 Å². The first-order chi connectivity index (χ1) is 11.5. The highest BCUT2D eigenvalue weighted by molar-refractivity contribution is 5.40. The summed E-state index contributed by atoms with van der Waals surface area (Å²) in [5.74, 6) is 1.16. The summed E-state index contributed by atoms with van der Waals surface area (Å²) in [4.78, 5) is 9.77. The maximum atomic E-state index is 12.8. The minimum Gasteiger partial charge on any atom is -0.477 e. The van der Waals surface area contributed by atoms with E-state index in [1.807, 2.05) is 17.0 Å². The Morgan fingerprint density at radius 3 is 2.79 bits per heavy atom. The number of piperidine rings is 1. The predicted molar refractivity (Wildman–Crippen MR) is 83.9 cm³/mol. The molecule has 0 spiro atoms. The van der Waals surface area contributed by atoms with E-state index >= 15 is 0 Å². The molecule has 3 heterocycles. The van der Waals surface area contributed by atoms with Crippen molar-refractivity contribution in [3.63, 3.8) is 0 Å². The zero-order chi connectivity index (χ0) is 17.0. The lowest BCUT2D eigenvalue weighted by Gasteiger charge is -2.33. The number of anilines is 1. The van der Waals surface area contributed by atoms with Crippen LogP contribution in [0.1, 0.15) is 18.5 Å². The normalized spacial score (nSPS) is 18.5. The summed E-state index contributed by atoms with van der Waals surface area (Å²) in [6.45, 7) is 1.82. The highest BCUT2D eigenvalue weighted by Crippen LogP contribution is 2.30. The van der Waals surface area contributed by atoms with Crippen molar-refractivity contribution in [3.05, 3.63) is 48.3 Å². The molecular formula is C17H18F3N3O. The van der Waals surface area contributed by atoms with Crippen LogP contribution in [-0.2, 0) is 6.18 Å². The molecule has 7 heteroatoms. The van der Waals surface area contributed by atoms with Crippen LogP contribution in [0.4, 0.5) is 19.0 Å². The number of halogens is 3. The highest BCUT2D eigenvalue weighted by atomic mass is 19.4. The molecule has 0 aromatic carbocycles. The molecule has 4 nitrogen and oxygen atoms in total. The molecule has 1 unspecified atom stereocenters. The van der Waals surface area contributed by atoms with Crippen molar-refractivity contribution in [1.29, 1.82) is 0 Å². The Balaban J connectivity index is 1.63. The molecular weight excluding hydrogens is 319 g/mol. The second kappa shape index (κ2) is 7.07. The van der Waals surface area contributed by atoms with Crippen molar-refractivity contribution in [2.24, 2.45) is 5.92 Å². The Hall–Kier alpha value is -2.31. The van der Waals surface area contributed by atoms with E-state index in [1.165, 1.54) is 6.07 Å². The molecule has 128 valence electrons. The van der Waals surface area contributed by atoms with Crippen molar-refractivity contribution in [2.75, 3.05) is 24.6 Å². The van der Waals surface area contributed by atoms with E-state index in [9.17, 15) is 13.2 Å². The average molecular weight is 337 g/mol. The summed E-state index contributed by atoms with van der Waals surface area (Å²) in [6, 6.07) is 9.47. The zero-order valence-electron chi connectivity index (χ0n) is 13.0. The third kappa shape index (κ3) is 4.15. The summed E-state index contributed by atoms with van der Waals surface area (Å²) in [7, 11) is 0. The minimum absolute atomic E-state index is 0.233. The summed E-state index contributed by atoms with van der Waals surface area (Å²) < 4.78 is 44.1. The number of aromatic nitrogens is 2. The molecule has 1 saturated heterocycles. The smallest absolute Gasteiger partial charge is 0.433 e. The first kappa shape index (κ1) is 16.5. The summed E-state index contributed by atoms with van der Waals surface area (Å²) in [6.07, 6.45) is -0.890. The lowest BCUT2D eigenvalue weighted by molar-refractivity contribution is -0.141. The molecule has 0 radical (unpaired) electrons. The van der Waals surface area contributed by atoms with Crippen LogP contribution >= 0.6 is 0 Å². The Morgan fingerprint density at radius 2 is 2.04 bits per heavy atom. The molecule has 0 saturated carbocycles. The van der Waals surface area contributed by atoms with Gasteiger partial charge < -0.3 is 9.64 Å². The second-order valence-corrected chi connectivity index (χ2v) is 5.81. The van der Waals surface area contributed by atoms with Crippen molar-refractivity contribution in [3.8, 4) is 5.88 Å². The number of nitrogens with zero attached hydrogens (tertiary/aromatic N) is 3. The monoisotopic (exact) mass is 337 g/mol. The lowest BCUT2D eigenvalue weighted by atomic mass is 9.99. The third-order valence-electron chi connectivity index (χ3n) is 3.97. The van der Waals surface area contributed by atoms with Crippen molar-refractivity contribution in [2.45, 2.75) is 19.0 Å². The number of hydrogen-bond donors (Lipinski definition) is 0. The molecule has 2 aromatic heterocycles. The van der Waals surface area contributed by atoms with Crippen LogP contribution in [0.15, 0.2) is 42.6 Å². The minimum atomic E-state index is -4.42. The molecule has 0 aliphatic carbocycles. The van der Waals surface area contributed by atoms with Crippen molar-refractivity contribution in [1.82, 2.24) is 9.97 Å². The van der Waals surface area contributed by atoms with Crippen molar-refractivity contribution < 1.29 is 17.9 Å². The third-order valence-corrected chi connectivity index (χ3v) is 3.97. The molecule has 2 aromatic rings. The fourth-order valence-electron chi connectivity index (χ4n) is 2.80. The van der Waals surface area contributed by atoms with Gasteiger partial charge in [-0.3, -0.25) is 0 Å². The van der Waals surface area contributed by atoms with Gasteiger partial charge in [-0.15, -0.1) is 0 Å². The molecule has 1 atom stereocenters. The van der Waals surface area contributed by atoms with Gasteiger partial charge in [-0.25, -0.2) is 9.97 Å². The first-order valence-electron chi connectivity index (χ1n) is 7.85. The van der Waals surface area contributed by atoms with Gasteiger partial charge in [0.15, 0.2) is 0 Å². The number of hydrogen-bond acceptors (Lipinski definition) is 4. The maximum absolute atomic E-state index is 12.8. The maximum Gasteiger partial charge on any atom is 0.433 e. The van der Waals surface area contributed by atoms with Crippen LogP contribution in [0.5, 0.6) is 5.88 Å². The van der Waals surface area contributed by atoms with Gasteiger partial charge in [-0.2, -0.15) is 13.2 Å². The van der Waals surface area contributed by atoms with Gasteiger partial charge in [0, 0.05) is 31.3 Å². The number of pyridine rings is 2. The van der Waals surface area contributed by atoms with Gasteiger partial charge in [0.05, 0.1) is 6.61 Å². The van der Waals surface area contributed by atoms with E-state index in [2.05, 4.69) is 9.97 Å². The van der Waals surface area contributed by atoms with Crippen LogP contribution in [0.25, 0.3) is 0 Å². The average Bonchev–Trinajstić information content (AvgIpc) is 2.60. The van der Waals surface area contributed by atoms with E-state index in [1.54, 1.807) is 18.3 Å². The lowest BCUT2D eigenvalue weighted by Crippen LogP contribution is -2.38. The molecule has 24 heavy (non-hydrogen) atoms. The van der Waals surface area contributed by atoms with Crippen LogP contribution in [0.2, 0.25) is 0 Å². The molecule has 0 bridgehead atoms. The topological polar surface area (TPSA) is 38.2 Å². The Labute approximate surface area is 138 Å². The second-order valence-electron chi connectivity index (χ2n) is 5.81. The molecule has 0 amide bonds. The summed E-state index contributed by atoms with van der Waals surface area (Å²) in [5.41, 5.74) is -0.855. The summed E-state index contributed by atoms with van der Waals surface area (Å²) >= 11 is 0. The van der Waals surface area contributed by atoms with Gasteiger partial charge in [0.2, 0.25) is 5.88 Å². The van der Waals surface area contributed by atoms with E-state index < -0.39 is 11.9 Å². The van der Waals surface area contributed by atoms with E-state index in [-0.39, 0.29) is 5.92 Å². The fraction of sp³-hybridized carbons (Fsp3) is 0.412. The SMILES string of the molecule is FC(F)(F)c1cccc(N2CCCC(COc3ccccn3)C2)n1. The summed E-state index contributed by atoms with van der Waals surface area (Å²) in [5, 5.41) is 0. The number of alkyl halides is 3. The van der Waals surface area contributed by atoms with Crippen LogP contribution < -0.4 is 9.64 Å². The van der Waals surface area contributed by atoms with Gasteiger partial charge in [-0.05, 0) is 31.0 Å². The molecule has 3 rings (SSSR count).